The minimum atomic E-state index is -3.94. The van der Waals surface area contributed by atoms with E-state index in [1.54, 1.807) is 36.4 Å². The number of hydrazone groups is 1. The number of anilines is 1. The highest BCUT2D eigenvalue weighted by atomic mass is 32.2. The number of rotatable bonds is 7. The maximum absolute atomic E-state index is 13.3. The van der Waals surface area contributed by atoms with E-state index >= 15 is 0 Å². The molecule has 0 aliphatic carbocycles. The van der Waals surface area contributed by atoms with Crippen molar-refractivity contribution in [2.75, 3.05) is 10.8 Å². The SMILES string of the molecule is Cc1ccc(N(CC(=O)NN=Cc2ccccc2)S(=O)(=O)c2ccc(C)cc2)cc1. The molecule has 0 radical (unpaired) electrons. The Morgan fingerprint density at radius 3 is 2.07 bits per heavy atom. The summed E-state index contributed by atoms with van der Waals surface area (Å²) >= 11 is 0. The van der Waals surface area contributed by atoms with Gasteiger partial charge in [-0.1, -0.05) is 65.7 Å². The zero-order valence-electron chi connectivity index (χ0n) is 16.8. The molecule has 1 amide bonds. The Balaban J connectivity index is 1.84. The van der Waals surface area contributed by atoms with Crippen LogP contribution < -0.4 is 9.73 Å². The van der Waals surface area contributed by atoms with Gasteiger partial charge in [0.2, 0.25) is 0 Å². The molecule has 0 fully saturated rings. The lowest BCUT2D eigenvalue weighted by atomic mass is 10.2. The number of aryl methyl sites for hydroxylation is 2. The number of nitrogens with one attached hydrogen (secondary N) is 1. The summed E-state index contributed by atoms with van der Waals surface area (Å²) in [5, 5.41) is 3.92. The summed E-state index contributed by atoms with van der Waals surface area (Å²) in [6, 6.07) is 22.8. The predicted molar refractivity (Wildman–Crippen MR) is 119 cm³/mol. The highest BCUT2D eigenvalue weighted by molar-refractivity contribution is 7.92. The molecule has 3 rings (SSSR count). The average molecular weight is 422 g/mol. The van der Waals surface area contributed by atoms with Crippen LogP contribution in [0.3, 0.4) is 0 Å². The Kier molecular flexibility index (Phi) is 6.64. The molecule has 0 unspecified atom stereocenters. The third-order valence-electron chi connectivity index (χ3n) is 4.42. The van der Waals surface area contributed by atoms with Crippen molar-refractivity contribution < 1.29 is 13.2 Å². The van der Waals surface area contributed by atoms with Gasteiger partial charge < -0.3 is 0 Å². The van der Waals surface area contributed by atoms with Crippen molar-refractivity contribution in [1.82, 2.24) is 5.43 Å². The van der Waals surface area contributed by atoms with E-state index < -0.39 is 22.5 Å². The van der Waals surface area contributed by atoms with Gasteiger partial charge in [-0.25, -0.2) is 13.8 Å². The van der Waals surface area contributed by atoms with Crippen molar-refractivity contribution in [3.63, 3.8) is 0 Å². The van der Waals surface area contributed by atoms with E-state index in [-0.39, 0.29) is 4.90 Å². The molecule has 0 aliphatic heterocycles. The van der Waals surface area contributed by atoms with Gasteiger partial charge in [0.25, 0.3) is 15.9 Å². The van der Waals surface area contributed by atoms with Gasteiger partial charge >= 0.3 is 0 Å². The second-order valence-corrected chi connectivity index (χ2v) is 8.73. The number of carbonyl (C=O) groups excluding carboxylic acids is 1. The summed E-state index contributed by atoms with van der Waals surface area (Å²) in [4.78, 5) is 12.6. The lowest BCUT2D eigenvalue weighted by molar-refractivity contribution is -0.119. The van der Waals surface area contributed by atoms with E-state index in [9.17, 15) is 13.2 Å². The first-order valence-corrected chi connectivity index (χ1v) is 10.8. The van der Waals surface area contributed by atoms with Crippen molar-refractivity contribution in [3.05, 3.63) is 95.6 Å². The largest absolute Gasteiger partial charge is 0.271 e. The van der Waals surface area contributed by atoms with E-state index in [1.165, 1.54) is 18.3 Å². The fraction of sp³-hybridized carbons (Fsp3) is 0.130. The standard InChI is InChI=1S/C23H23N3O3S/c1-18-8-12-21(13-9-18)26(30(28,29)22-14-10-19(2)11-15-22)17-23(27)25-24-16-20-6-4-3-5-7-20/h3-16H,17H2,1-2H3,(H,25,27). The number of nitrogens with zero attached hydrogens (tertiary/aromatic N) is 2. The number of benzene rings is 3. The molecular formula is C23H23N3O3S. The van der Waals surface area contributed by atoms with E-state index in [1.807, 2.05) is 44.2 Å². The molecule has 154 valence electrons. The predicted octanol–water partition coefficient (Wildman–Crippen LogP) is 3.65. The van der Waals surface area contributed by atoms with Crippen molar-refractivity contribution in [2.45, 2.75) is 18.7 Å². The fourth-order valence-corrected chi connectivity index (χ4v) is 4.17. The molecule has 0 atom stereocenters. The first-order chi connectivity index (χ1) is 14.4. The summed E-state index contributed by atoms with van der Waals surface area (Å²) in [6.45, 7) is 3.39. The number of carbonyl (C=O) groups is 1. The Bertz CT molecular complexity index is 1120. The van der Waals surface area contributed by atoms with Crippen LogP contribution in [0.2, 0.25) is 0 Å². The summed E-state index contributed by atoms with van der Waals surface area (Å²) in [7, 11) is -3.94. The van der Waals surface area contributed by atoms with Gasteiger partial charge in [0.15, 0.2) is 0 Å². The number of hydrogen-bond donors (Lipinski definition) is 1. The van der Waals surface area contributed by atoms with Crippen LogP contribution in [0.5, 0.6) is 0 Å². The minimum absolute atomic E-state index is 0.120. The number of sulfonamides is 1. The molecule has 0 aromatic heterocycles. The monoisotopic (exact) mass is 421 g/mol. The molecular weight excluding hydrogens is 398 g/mol. The first kappa shape index (κ1) is 21.3. The van der Waals surface area contributed by atoms with Gasteiger partial charge in [0, 0.05) is 0 Å². The Morgan fingerprint density at radius 1 is 0.900 bits per heavy atom. The smallest absolute Gasteiger partial charge is 0.264 e. The molecule has 0 saturated heterocycles. The summed E-state index contributed by atoms with van der Waals surface area (Å²) < 4.78 is 27.6. The van der Waals surface area contributed by atoms with Crippen LogP contribution in [0.25, 0.3) is 0 Å². The molecule has 7 heteroatoms. The summed E-state index contributed by atoms with van der Waals surface area (Å²) in [5.74, 6) is -0.543. The highest BCUT2D eigenvalue weighted by Gasteiger charge is 2.27. The Morgan fingerprint density at radius 2 is 1.47 bits per heavy atom. The van der Waals surface area contributed by atoms with Gasteiger partial charge in [-0.15, -0.1) is 0 Å². The van der Waals surface area contributed by atoms with Gasteiger partial charge in [-0.2, -0.15) is 5.10 Å². The maximum atomic E-state index is 13.3. The third-order valence-corrected chi connectivity index (χ3v) is 6.21. The van der Waals surface area contributed by atoms with Crippen molar-refractivity contribution >= 4 is 27.8 Å². The topological polar surface area (TPSA) is 78.8 Å². The van der Waals surface area contributed by atoms with Gasteiger partial charge in [-0.3, -0.25) is 9.10 Å². The lowest BCUT2D eigenvalue weighted by Crippen LogP contribution is -2.39. The highest BCUT2D eigenvalue weighted by Crippen LogP contribution is 2.24. The normalized spacial score (nSPS) is 11.4. The molecule has 30 heavy (non-hydrogen) atoms. The molecule has 0 heterocycles. The maximum Gasteiger partial charge on any atom is 0.264 e. The fourth-order valence-electron chi connectivity index (χ4n) is 2.75. The van der Waals surface area contributed by atoms with Gasteiger partial charge in [-0.05, 0) is 43.7 Å². The number of amides is 1. The molecule has 3 aromatic carbocycles. The second-order valence-electron chi connectivity index (χ2n) is 6.86. The van der Waals surface area contributed by atoms with Gasteiger partial charge in [0.05, 0.1) is 16.8 Å². The third kappa shape index (κ3) is 5.33. The van der Waals surface area contributed by atoms with E-state index in [2.05, 4.69) is 10.5 Å². The molecule has 6 nitrogen and oxygen atoms in total. The Labute approximate surface area is 176 Å². The summed E-state index contributed by atoms with van der Waals surface area (Å²) in [6.07, 6.45) is 1.50. The van der Waals surface area contributed by atoms with Crippen LogP contribution in [0.4, 0.5) is 5.69 Å². The van der Waals surface area contributed by atoms with Crippen molar-refractivity contribution in [2.24, 2.45) is 5.10 Å². The van der Waals surface area contributed by atoms with Crippen LogP contribution in [0.15, 0.2) is 88.9 Å². The van der Waals surface area contributed by atoms with Crippen LogP contribution in [-0.2, 0) is 14.8 Å². The van der Waals surface area contributed by atoms with Crippen molar-refractivity contribution in [1.29, 1.82) is 0 Å². The van der Waals surface area contributed by atoms with Crippen LogP contribution in [0.1, 0.15) is 16.7 Å². The van der Waals surface area contributed by atoms with Gasteiger partial charge in [0.1, 0.15) is 6.54 Å². The zero-order chi connectivity index (χ0) is 21.6. The van der Waals surface area contributed by atoms with E-state index in [4.69, 9.17) is 0 Å². The van der Waals surface area contributed by atoms with Crippen LogP contribution in [0, 0.1) is 13.8 Å². The first-order valence-electron chi connectivity index (χ1n) is 9.39. The lowest BCUT2D eigenvalue weighted by Gasteiger charge is -2.24. The number of hydrogen-bond acceptors (Lipinski definition) is 4. The zero-order valence-corrected chi connectivity index (χ0v) is 17.6. The molecule has 0 bridgehead atoms. The van der Waals surface area contributed by atoms with Crippen LogP contribution in [-0.4, -0.2) is 27.1 Å². The average Bonchev–Trinajstić information content (AvgIpc) is 2.74. The molecule has 3 aromatic rings. The van der Waals surface area contributed by atoms with E-state index in [0.29, 0.717) is 5.69 Å². The quantitative estimate of drug-likeness (QED) is 0.467. The summed E-state index contributed by atoms with van der Waals surface area (Å²) in [5.41, 5.74) is 5.56. The molecule has 0 aliphatic rings. The minimum Gasteiger partial charge on any atom is -0.271 e. The molecule has 0 spiro atoms. The second kappa shape index (κ2) is 9.37. The Hall–Kier alpha value is -3.45. The van der Waals surface area contributed by atoms with Crippen molar-refractivity contribution in [3.8, 4) is 0 Å². The molecule has 1 N–H and O–H groups in total. The van der Waals surface area contributed by atoms with E-state index in [0.717, 1.165) is 21.0 Å². The molecule has 0 saturated carbocycles. The van der Waals surface area contributed by atoms with Crippen LogP contribution >= 0.6 is 0 Å².